The number of allylic oxidation sites excluding steroid dienone is 3. The summed E-state index contributed by atoms with van der Waals surface area (Å²) in [7, 11) is 0. The molecule has 0 spiro atoms. The quantitative estimate of drug-likeness (QED) is 0.500. The molecule has 164 valence electrons. The van der Waals surface area contributed by atoms with Crippen LogP contribution in [0.3, 0.4) is 0 Å². The number of nitrogens with zero attached hydrogens (tertiary/aromatic N) is 1. The fourth-order valence-electron chi connectivity index (χ4n) is 3.14. The minimum absolute atomic E-state index is 0.0474. The molecule has 0 fully saturated rings. The van der Waals surface area contributed by atoms with Crippen molar-refractivity contribution in [2.24, 2.45) is 0 Å². The van der Waals surface area contributed by atoms with E-state index in [2.05, 4.69) is 10.6 Å². The van der Waals surface area contributed by atoms with Gasteiger partial charge in [-0.25, -0.2) is 4.39 Å². The van der Waals surface area contributed by atoms with Crippen molar-refractivity contribution in [1.82, 2.24) is 9.88 Å². The van der Waals surface area contributed by atoms with Crippen molar-refractivity contribution in [3.05, 3.63) is 124 Å². The number of nitrogens with one attached hydrogen (secondary N) is 3. The zero-order chi connectivity index (χ0) is 23.2. The number of carbonyl (C=O) groups excluding carboxylic acids is 1. The van der Waals surface area contributed by atoms with Crippen LogP contribution in [-0.2, 0) is 0 Å². The minimum Gasteiger partial charge on any atom is -0.455 e. The molecule has 1 aliphatic heterocycles. The van der Waals surface area contributed by atoms with Crippen LogP contribution in [0.25, 0.3) is 5.69 Å². The second-order valence-electron chi connectivity index (χ2n) is 6.94. The Labute approximate surface area is 188 Å². The number of carbonyl (C=O) groups is 1. The molecule has 1 aliphatic rings. The van der Waals surface area contributed by atoms with Crippen LogP contribution in [0.2, 0.25) is 0 Å². The Hall–Kier alpha value is -4.72. The maximum Gasteiger partial charge on any atom is 0.267 e. The van der Waals surface area contributed by atoms with Gasteiger partial charge in [0.15, 0.2) is 5.76 Å². The first-order valence-corrected chi connectivity index (χ1v) is 9.96. The summed E-state index contributed by atoms with van der Waals surface area (Å²) >= 11 is 0. The molecule has 2 heterocycles. The molecule has 7 nitrogen and oxygen atoms in total. The molecule has 33 heavy (non-hydrogen) atoms. The van der Waals surface area contributed by atoms with E-state index in [9.17, 15) is 14.0 Å². The van der Waals surface area contributed by atoms with Crippen molar-refractivity contribution in [1.29, 1.82) is 5.41 Å². The number of benzene rings is 2. The third-order valence-corrected chi connectivity index (χ3v) is 4.73. The molecule has 1 amide bonds. The average Bonchev–Trinajstić information content (AvgIpc) is 2.82. The summed E-state index contributed by atoms with van der Waals surface area (Å²) < 4.78 is 20.3. The van der Waals surface area contributed by atoms with E-state index in [4.69, 9.17) is 10.1 Å². The van der Waals surface area contributed by atoms with Crippen LogP contribution in [0.15, 0.2) is 108 Å². The highest BCUT2D eigenvalue weighted by Crippen LogP contribution is 2.21. The highest BCUT2D eigenvalue weighted by molar-refractivity contribution is 6.04. The normalized spacial score (nSPS) is 13.7. The van der Waals surface area contributed by atoms with Crippen molar-refractivity contribution in [2.75, 3.05) is 5.32 Å². The third kappa shape index (κ3) is 4.96. The molecule has 2 aromatic carbocycles. The number of rotatable bonds is 6. The molecule has 0 saturated carbocycles. The molecule has 0 unspecified atom stereocenters. The highest BCUT2D eigenvalue weighted by atomic mass is 19.1. The SMILES string of the molecule is N=C/C=C1\NC=CC=C1Oc1ccc(NC(=O)c2cccn(-c3ccc(F)cc3)c2=O)cc1. The number of hydrogen-bond acceptors (Lipinski definition) is 5. The maximum atomic E-state index is 13.2. The van der Waals surface area contributed by atoms with E-state index >= 15 is 0 Å². The van der Waals surface area contributed by atoms with Crippen molar-refractivity contribution >= 4 is 17.8 Å². The van der Waals surface area contributed by atoms with E-state index in [0.29, 0.717) is 28.6 Å². The van der Waals surface area contributed by atoms with E-state index in [1.807, 2.05) is 0 Å². The van der Waals surface area contributed by atoms with Crippen molar-refractivity contribution in [3.63, 3.8) is 0 Å². The molecule has 0 radical (unpaired) electrons. The molecule has 0 aliphatic carbocycles. The number of halogens is 1. The maximum absolute atomic E-state index is 13.2. The number of anilines is 1. The van der Waals surface area contributed by atoms with E-state index in [-0.39, 0.29) is 5.56 Å². The van der Waals surface area contributed by atoms with Gasteiger partial charge in [0.25, 0.3) is 11.5 Å². The first kappa shape index (κ1) is 21.5. The van der Waals surface area contributed by atoms with Crippen LogP contribution >= 0.6 is 0 Å². The lowest BCUT2D eigenvalue weighted by atomic mass is 10.2. The Morgan fingerprint density at radius 3 is 2.58 bits per heavy atom. The fourth-order valence-corrected chi connectivity index (χ4v) is 3.14. The first-order valence-electron chi connectivity index (χ1n) is 9.96. The number of hydrogen-bond donors (Lipinski definition) is 3. The predicted octanol–water partition coefficient (Wildman–Crippen LogP) is 4.14. The van der Waals surface area contributed by atoms with Gasteiger partial charge in [-0.2, -0.15) is 0 Å². The second-order valence-corrected chi connectivity index (χ2v) is 6.94. The third-order valence-electron chi connectivity index (χ3n) is 4.73. The minimum atomic E-state index is -0.564. The molecule has 4 rings (SSSR count). The van der Waals surface area contributed by atoms with Crippen molar-refractivity contribution in [3.8, 4) is 11.4 Å². The van der Waals surface area contributed by atoms with Crippen LogP contribution < -0.4 is 20.9 Å². The zero-order valence-corrected chi connectivity index (χ0v) is 17.3. The molecular formula is C25H19FN4O3. The number of ether oxygens (including phenoxy) is 1. The molecular weight excluding hydrogens is 423 g/mol. The van der Waals surface area contributed by atoms with E-state index < -0.39 is 17.3 Å². The number of dihydropyridines is 1. The number of pyridine rings is 1. The Bertz CT molecular complexity index is 1340. The number of aromatic nitrogens is 1. The summed E-state index contributed by atoms with van der Waals surface area (Å²) in [6, 6.07) is 15.1. The van der Waals surface area contributed by atoms with Crippen LogP contribution in [0.5, 0.6) is 5.75 Å². The molecule has 3 N–H and O–H groups in total. The lowest BCUT2D eigenvalue weighted by Crippen LogP contribution is -2.27. The molecule has 1 aromatic heterocycles. The monoisotopic (exact) mass is 442 g/mol. The van der Waals surface area contributed by atoms with Crippen LogP contribution in [-0.4, -0.2) is 16.7 Å². The Balaban J connectivity index is 1.49. The topological polar surface area (TPSA) is 96.2 Å². The van der Waals surface area contributed by atoms with Gasteiger partial charge in [0.2, 0.25) is 0 Å². The fraction of sp³-hybridized carbons (Fsp3) is 0. The van der Waals surface area contributed by atoms with Gasteiger partial charge in [-0.3, -0.25) is 14.2 Å². The lowest BCUT2D eigenvalue weighted by Gasteiger charge is -2.16. The zero-order valence-electron chi connectivity index (χ0n) is 17.3. The van der Waals surface area contributed by atoms with Gasteiger partial charge in [0.1, 0.15) is 17.1 Å². The van der Waals surface area contributed by atoms with Gasteiger partial charge in [0.05, 0.1) is 5.70 Å². The molecule has 8 heteroatoms. The van der Waals surface area contributed by atoms with Crippen molar-refractivity contribution in [2.45, 2.75) is 0 Å². The largest absolute Gasteiger partial charge is 0.455 e. The average molecular weight is 442 g/mol. The summed E-state index contributed by atoms with van der Waals surface area (Å²) in [5.74, 6) is 0.0993. The molecule has 0 saturated heterocycles. The van der Waals surface area contributed by atoms with Gasteiger partial charge in [-0.05, 0) is 78.9 Å². The molecule has 0 atom stereocenters. The summed E-state index contributed by atoms with van der Waals surface area (Å²) in [6.07, 6.45) is 9.53. The summed E-state index contributed by atoms with van der Waals surface area (Å²) in [5.41, 5.74) is 1.02. The second kappa shape index (κ2) is 9.61. The van der Waals surface area contributed by atoms with Crippen LogP contribution in [0.1, 0.15) is 10.4 Å². The Morgan fingerprint density at radius 2 is 1.85 bits per heavy atom. The molecule has 3 aromatic rings. The predicted molar refractivity (Wildman–Crippen MR) is 124 cm³/mol. The van der Waals surface area contributed by atoms with Gasteiger partial charge in [-0.15, -0.1) is 0 Å². The van der Waals surface area contributed by atoms with E-state index in [0.717, 1.165) is 6.21 Å². The van der Waals surface area contributed by atoms with Gasteiger partial charge in [-0.1, -0.05) is 0 Å². The van der Waals surface area contributed by atoms with E-state index in [1.54, 1.807) is 54.8 Å². The summed E-state index contributed by atoms with van der Waals surface area (Å²) in [6.45, 7) is 0. The van der Waals surface area contributed by atoms with Crippen LogP contribution in [0, 0.1) is 11.2 Å². The van der Waals surface area contributed by atoms with Gasteiger partial charge in [0, 0.05) is 30.0 Å². The summed E-state index contributed by atoms with van der Waals surface area (Å²) in [4.78, 5) is 25.5. The Morgan fingerprint density at radius 1 is 1.09 bits per heavy atom. The molecule has 0 bridgehead atoms. The van der Waals surface area contributed by atoms with Gasteiger partial charge < -0.3 is 20.8 Å². The number of amides is 1. The van der Waals surface area contributed by atoms with Gasteiger partial charge >= 0.3 is 0 Å². The smallest absolute Gasteiger partial charge is 0.267 e. The standard InChI is InChI=1S/C25H19FN4O3/c26-17-5-9-19(10-6-17)30-16-2-3-21(25(30)32)24(31)29-18-7-11-20(12-8-18)33-23-4-1-15-28-22(23)13-14-27/h1-16,27-28H,(H,29,31)/b22-13-,27-14?. The Kier molecular flexibility index (Phi) is 6.26. The first-order chi connectivity index (χ1) is 16.0. The van der Waals surface area contributed by atoms with E-state index in [1.165, 1.54) is 41.1 Å². The highest BCUT2D eigenvalue weighted by Gasteiger charge is 2.14. The van der Waals surface area contributed by atoms with Crippen molar-refractivity contribution < 1.29 is 13.9 Å². The lowest BCUT2D eigenvalue weighted by molar-refractivity contribution is 0.102. The summed E-state index contributed by atoms with van der Waals surface area (Å²) in [5, 5.41) is 12.9. The van der Waals surface area contributed by atoms with Crippen LogP contribution in [0.4, 0.5) is 10.1 Å².